The summed E-state index contributed by atoms with van der Waals surface area (Å²) >= 11 is 0. The second-order valence-corrected chi connectivity index (χ2v) is 6.10. The number of rotatable bonds is 3. The van der Waals surface area contributed by atoms with Crippen molar-refractivity contribution in [2.45, 2.75) is 50.5 Å². The zero-order valence-electron chi connectivity index (χ0n) is 12.2. The van der Waals surface area contributed by atoms with Gasteiger partial charge >= 0.3 is 0 Å². The Morgan fingerprint density at radius 2 is 2.05 bits per heavy atom. The molecule has 5 nitrogen and oxygen atoms in total. The average molecular weight is 287 g/mol. The molecule has 1 aliphatic heterocycles. The van der Waals surface area contributed by atoms with Crippen LogP contribution in [0.4, 0.5) is 0 Å². The van der Waals surface area contributed by atoms with Crippen molar-refractivity contribution in [3.63, 3.8) is 0 Å². The molecule has 0 spiro atoms. The lowest BCUT2D eigenvalue weighted by Gasteiger charge is -2.22. The number of furan rings is 1. The summed E-state index contributed by atoms with van der Waals surface area (Å²) in [7, 11) is 0. The van der Waals surface area contributed by atoms with Crippen molar-refractivity contribution in [3.8, 4) is 11.4 Å². The lowest BCUT2D eigenvalue weighted by molar-refractivity contribution is 0.193. The summed E-state index contributed by atoms with van der Waals surface area (Å²) in [5.41, 5.74) is 1.03. The van der Waals surface area contributed by atoms with Gasteiger partial charge in [0.25, 0.3) is 0 Å². The van der Waals surface area contributed by atoms with E-state index in [0.717, 1.165) is 36.8 Å². The van der Waals surface area contributed by atoms with Gasteiger partial charge in [0.15, 0.2) is 11.6 Å². The van der Waals surface area contributed by atoms with E-state index < -0.39 is 0 Å². The molecule has 1 atom stereocenters. The molecule has 1 saturated carbocycles. The molecule has 0 bridgehead atoms. The van der Waals surface area contributed by atoms with E-state index in [1.54, 1.807) is 12.5 Å². The predicted molar refractivity (Wildman–Crippen MR) is 78.0 cm³/mol. The van der Waals surface area contributed by atoms with Crippen LogP contribution in [0.3, 0.4) is 0 Å². The molecular formula is C16H21N3O2. The Bertz CT molecular complexity index is 579. The van der Waals surface area contributed by atoms with Crippen LogP contribution in [0.2, 0.25) is 0 Å². The number of ether oxygens (including phenoxy) is 1. The van der Waals surface area contributed by atoms with Crippen molar-refractivity contribution in [1.82, 2.24) is 14.8 Å². The van der Waals surface area contributed by atoms with Gasteiger partial charge in [-0.3, -0.25) is 0 Å². The first-order valence-corrected chi connectivity index (χ1v) is 7.98. The lowest BCUT2D eigenvalue weighted by atomic mass is 9.95. The Morgan fingerprint density at radius 3 is 2.76 bits per heavy atom. The highest BCUT2D eigenvalue weighted by Gasteiger charge is 2.27. The molecule has 2 aromatic rings. The quantitative estimate of drug-likeness (QED) is 0.866. The second kappa shape index (κ2) is 5.64. The first-order valence-electron chi connectivity index (χ1n) is 7.98. The first kappa shape index (κ1) is 13.1. The third-order valence-corrected chi connectivity index (χ3v) is 4.64. The van der Waals surface area contributed by atoms with Gasteiger partial charge in [0, 0.05) is 12.5 Å². The summed E-state index contributed by atoms with van der Waals surface area (Å²) in [5.74, 6) is 2.24. The highest BCUT2D eigenvalue weighted by Crippen LogP contribution is 2.33. The minimum Gasteiger partial charge on any atom is -0.472 e. The molecule has 4 rings (SSSR count). The second-order valence-electron chi connectivity index (χ2n) is 6.10. The van der Waals surface area contributed by atoms with Crippen LogP contribution < -0.4 is 0 Å². The number of aromatic nitrogens is 3. The summed E-state index contributed by atoms with van der Waals surface area (Å²) < 4.78 is 12.9. The standard InChI is InChI=1S/C16H21N3O2/c1-2-4-14(5-3-1)19-16(13-7-9-21-11-13)17-15(18-19)12-6-8-20-10-12/h7,9,11-12,14H,1-6,8,10H2/t12-/m1/s1. The van der Waals surface area contributed by atoms with Gasteiger partial charge in [-0.05, 0) is 25.3 Å². The van der Waals surface area contributed by atoms with Crippen LogP contribution in [-0.2, 0) is 4.74 Å². The molecule has 0 radical (unpaired) electrons. The third kappa shape index (κ3) is 2.50. The van der Waals surface area contributed by atoms with Crippen LogP contribution in [0.15, 0.2) is 23.0 Å². The van der Waals surface area contributed by atoms with Crippen molar-refractivity contribution >= 4 is 0 Å². The fourth-order valence-corrected chi connectivity index (χ4v) is 3.42. The van der Waals surface area contributed by atoms with Crippen LogP contribution >= 0.6 is 0 Å². The summed E-state index contributed by atoms with van der Waals surface area (Å²) in [5, 5.41) is 4.86. The van der Waals surface area contributed by atoms with Gasteiger partial charge in [-0.15, -0.1) is 0 Å². The van der Waals surface area contributed by atoms with Gasteiger partial charge < -0.3 is 9.15 Å². The summed E-state index contributed by atoms with van der Waals surface area (Å²) in [4.78, 5) is 4.82. The van der Waals surface area contributed by atoms with Gasteiger partial charge in [0.05, 0.1) is 24.5 Å². The van der Waals surface area contributed by atoms with E-state index in [1.807, 2.05) is 6.07 Å². The molecule has 0 aromatic carbocycles. The van der Waals surface area contributed by atoms with Gasteiger partial charge in [0.2, 0.25) is 0 Å². The first-order chi connectivity index (χ1) is 10.4. The summed E-state index contributed by atoms with van der Waals surface area (Å²) in [6.07, 6.45) is 10.8. The number of nitrogens with zero attached hydrogens (tertiary/aromatic N) is 3. The minimum atomic E-state index is 0.348. The number of hydrogen-bond acceptors (Lipinski definition) is 4. The van der Waals surface area contributed by atoms with Crippen molar-refractivity contribution in [2.75, 3.05) is 13.2 Å². The fraction of sp³-hybridized carbons (Fsp3) is 0.625. The van der Waals surface area contributed by atoms with Gasteiger partial charge in [-0.25, -0.2) is 9.67 Å². The van der Waals surface area contributed by atoms with Crippen LogP contribution in [0, 0.1) is 0 Å². The molecule has 2 aromatic heterocycles. The largest absolute Gasteiger partial charge is 0.472 e. The smallest absolute Gasteiger partial charge is 0.161 e. The molecular weight excluding hydrogens is 266 g/mol. The molecule has 2 fully saturated rings. The lowest BCUT2D eigenvalue weighted by Crippen LogP contribution is -2.15. The Labute approximate surface area is 124 Å². The van der Waals surface area contributed by atoms with Crippen molar-refractivity contribution < 1.29 is 9.15 Å². The zero-order chi connectivity index (χ0) is 14.1. The molecule has 2 aliphatic rings. The molecule has 1 aliphatic carbocycles. The molecule has 0 amide bonds. The molecule has 0 unspecified atom stereocenters. The van der Waals surface area contributed by atoms with E-state index in [1.165, 1.54) is 32.1 Å². The van der Waals surface area contributed by atoms with Crippen LogP contribution in [-0.4, -0.2) is 28.0 Å². The molecule has 3 heterocycles. The van der Waals surface area contributed by atoms with E-state index in [0.29, 0.717) is 12.0 Å². The average Bonchev–Trinajstić information content (AvgIpc) is 3.27. The van der Waals surface area contributed by atoms with E-state index in [-0.39, 0.29) is 0 Å². The van der Waals surface area contributed by atoms with Gasteiger partial charge in [-0.2, -0.15) is 5.10 Å². The molecule has 21 heavy (non-hydrogen) atoms. The molecule has 0 N–H and O–H groups in total. The summed E-state index contributed by atoms with van der Waals surface area (Å²) in [6.45, 7) is 1.57. The van der Waals surface area contributed by atoms with Gasteiger partial charge in [-0.1, -0.05) is 19.3 Å². The zero-order valence-corrected chi connectivity index (χ0v) is 12.2. The Hall–Kier alpha value is -1.62. The Kier molecular flexibility index (Phi) is 3.51. The normalized spacial score (nSPS) is 23.7. The Balaban J connectivity index is 1.71. The maximum absolute atomic E-state index is 5.49. The van der Waals surface area contributed by atoms with Crippen LogP contribution in [0.1, 0.15) is 56.3 Å². The SMILES string of the molecule is c1cc(-c2nc([C@@H]3CCOC3)nn2C2CCCCC2)co1. The topological polar surface area (TPSA) is 53.1 Å². The molecule has 5 heteroatoms. The van der Waals surface area contributed by atoms with E-state index >= 15 is 0 Å². The van der Waals surface area contributed by atoms with Crippen molar-refractivity contribution in [2.24, 2.45) is 0 Å². The maximum Gasteiger partial charge on any atom is 0.161 e. The van der Waals surface area contributed by atoms with Crippen molar-refractivity contribution in [1.29, 1.82) is 0 Å². The molecule has 112 valence electrons. The van der Waals surface area contributed by atoms with Crippen molar-refractivity contribution in [3.05, 3.63) is 24.4 Å². The summed E-state index contributed by atoms with van der Waals surface area (Å²) in [6, 6.07) is 2.45. The molecule has 1 saturated heterocycles. The van der Waals surface area contributed by atoms with Crippen LogP contribution in [0.25, 0.3) is 11.4 Å². The monoisotopic (exact) mass is 287 g/mol. The maximum atomic E-state index is 5.49. The van der Waals surface area contributed by atoms with E-state index in [9.17, 15) is 0 Å². The minimum absolute atomic E-state index is 0.348. The van der Waals surface area contributed by atoms with E-state index in [2.05, 4.69) is 4.68 Å². The van der Waals surface area contributed by atoms with Crippen LogP contribution in [0.5, 0.6) is 0 Å². The highest BCUT2D eigenvalue weighted by atomic mass is 16.5. The third-order valence-electron chi connectivity index (χ3n) is 4.64. The van der Waals surface area contributed by atoms with Gasteiger partial charge in [0.1, 0.15) is 6.26 Å². The Morgan fingerprint density at radius 1 is 1.14 bits per heavy atom. The fourth-order valence-electron chi connectivity index (χ4n) is 3.42. The van der Waals surface area contributed by atoms with E-state index in [4.69, 9.17) is 19.2 Å². The highest BCUT2D eigenvalue weighted by molar-refractivity contribution is 5.53. The number of hydrogen-bond donors (Lipinski definition) is 0. The predicted octanol–water partition coefficient (Wildman–Crippen LogP) is 3.55.